The third-order valence-corrected chi connectivity index (χ3v) is 5.52. The molecule has 0 atom stereocenters. The van der Waals surface area contributed by atoms with E-state index < -0.39 is 5.83 Å². The van der Waals surface area contributed by atoms with Gasteiger partial charge in [0, 0.05) is 0 Å². The minimum Gasteiger partial charge on any atom is -0.195 e. The summed E-state index contributed by atoms with van der Waals surface area (Å²) in [5.74, 6) is 0.446. The van der Waals surface area contributed by atoms with Gasteiger partial charge in [-0.25, -0.2) is 0 Å². The van der Waals surface area contributed by atoms with Crippen LogP contribution in [0.2, 0.25) is 0 Å². The lowest BCUT2D eigenvalue weighted by Crippen LogP contribution is -2.11. The van der Waals surface area contributed by atoms with Crippen molar-refractivity contribution in [3.05, 3.63) is 59.4 Å². The monoisotopic (exact) mass is 353 g/mol. The van der Waals surface area contributed by atoms with E-state index in [9.17, 15) is 4.39 Å². The van der Waals surface area contributed by atoms with Crippen LogP contribution >= 0.6 is 0 Å². The zero-order valence-electron chi connectivity index (χ0n) is 16.1. The Morgan fingerprint density at radius 2 is 1.77 bits per heavy atom. The van der Waals surface area contributed by atoms with Crippen molar-refractivity contribution in [2.45, 2.75) is 77.0 Å². The van der Waals surface area contributed by atoms with Crippen LogP contribution in [-0.4, -0.2) is 0 Å². The zero-order chi connectivity index (χ0) is 18.6. The molecule has 140 valence electrons. The first-order valence-corrected chi connectivity index (χ1v) is 10.3. The smallest absolute Gasteiger partial charge is 0.195 e. The van der Waals surface area contributed by atoms with Gasteiger partial charge in [-0.2, -0.15) is 9.65 Å². The van der Waals surface area contributed by atoms with E-state index in [1.807, 2.05) is 0 Å². The van der Waals surface area contributed by atoms with Gasteiger partial charge in [-0.1, -0.05) is 69.0 Å². The summed E-state index contributed by atoms with van der Waals surface area (Å²) in [5.41, 5.74) is 2.94. The maximum Gasteiger partial charge on any atom is 0.199 e. The Bertz CT molecular complexity index is 613. The molecule has 1 fully saturated rings. The number of allylic oxidation sites excluding steroid dienone is 4. The highest BCUT2D eigenvalue weighted by Gasteiger charge is 2.20. The highest BCUT2D eigenvalue weighted by Crippen LogP contribution is 2.36. The van der Waals surface area contributed by atoms with Crippen LogP contribution in [0.15, 0.2) is 48.3 Å². The third kappa shape index (κ3) is 7.16. The lowest BCUT2D eigenvalue weighted by atomic mass is 9.78. The normalized spacial score (nSPS) is 21.0. The molecule has 1 aliphatic carbocycles. The van der Waals surface area contributed by atoms with Crippen LogP contribution in [0, 0.1) is 17.2 Å². The van der Waals surface area contributed by atoms with E-state index in [2.05, 4.69) is 37.3 Å². The van der Waals surface area contributed by atoms with Crippen LogP contribution in [0.3, 0.4) is 0 Å². The van der Waals surface area contributed by atoms with Gasteiger partial charge in [-0.05, 0) is 67.6 Å². The Balaban J connectivity index is 1.74. The molecule has 1 nitrogen and oxygen atoms in total. The van der Waals surface area contributed by atoms with Gasteiger partial charge in [0.2, 0.25) is 0 Å². The van der Waals surface area contributed by atoms with Crippen molar-refractivity contribution in [1.82, 2.24) is 0 Å². The molecule has 1 aromatic rings. The summed E-state index contributed by atoms with van der Waals surface area (Å²) >= 11 is 0. The largest absolute Gasteiger partial charge is 0.199 e. The number of rotatable bonds is 9. The van der Waals surface area contributed by atoms with E-state index in [-0.39, 0.29) is 0 Å². The number of nitriles is 1. The standard InChI is InChI=1S/C24H32FN/c1-2-3-4-5-6-8-20-11-15-22(16-12-20)23-17-13-21(14-18-23)9-7-10-24(25)19-26/h7,9-12,15-16,21,23H,2-6,8,13-14,17-18H2,1H3. The summed E-state index contributed by atoms with van der Waals surface area (Å²) in [6.45, 7) is 2.26. The number of aryl methyl sites for hydroxylation is 1. The molecule has 2 rings (SSSR count). The second kappa shape index (κ2) is 11.7. The first-order valence-electron chi connectivity index (χ1n) is 10.3. The fourth-order valence-electron chi connectivity index (χ4n) is 3.87. The van der Waals surface area contributed by atoms with Gasteiger partial charge >= 0.3 is 0 Å². The molecule has 0 aliphatic heterocycles. The number of halogens is 1. The van der Waals surface area contributed by atoms with Crippen molar-refractivity contribution in [2.75, 3.05) is 0 Å². The molecule has 0 unspecified atom stereocenters. The van der Waals surface area contributed by atoms with E-state index in [0.717, 1.165) is 12.8 Å². The van der Waals surface area contributed by atoms with E-state index in [1.54, 1.807) is 6.08 Å². The summed E-state index contributed by atoms with van der Waals surface area (Å²) < 4.78 is 12.8. The topological polar surface area (TPSA) is 23.8 Å². The minimum atomic E-state index is -0.722. The van der Waals surface area contributed by atoms with Crippen molar-refractivity contribution < 1.29 is 4.39 Å². The number of hydrogen-bond acceptors (Lipinski definition) is 1. The molecule has 26 heavy (non-hydrogen) atoms. The van der Waals surface area contributed by atoms with Crippen LogP contribution < -0.4 is 0 Å². The highest BCUT2D eigenvalue weighted by molar-refractivity contribution is 5.26. The molecule has 0 bridgehead atoms. The van der Waals surface area contributed by atoms with Crippen LogP contribution in [0.25, 0.3) is 0 Å². The molecule has 2 heteroatoms. The number of benzene rings is 1. The Labute approximate surface area is 158 Å². The van der Waals surface area contributed by atoms with Gasteiger partial charge in [0.05, 0.1) is 0 Å². The first-order chi connectivity index (χ1) is 12.7. The van der Waals surface area contributed by atoms with Crippen LogP contribution in [0.1, 0.15) is 81.8 Å². The van der Waals surface area contributed by atoms with Crippen molar-refractivity contribution in [2.24, 2.45) is 5.92 Å². The quantitative estimate of drug-likeness (QED) is 0.258. The summed E-state index contributed by atoms with van der Waals surface area (Å²) in [6.07, 6.45) is 17.6. The molecule has 0 saturated heterocycles. The summed E-state index contributed by atoms with van der Waals surface area (Å²) in [5, 5.41) is 8.41. The second-order valence-electron chi connectivity index (χ2n) is 7.53. The first kappa shape index (κ1) is 20.4. The third-order valence-electron chi connectivity index (χ3n) is 5.52. The maximum atomic E-state index is 12.8. The summed E-state index contributed by atoms with van der Waals surface area (Å²) in [6, 6.07) is 10.8. The fourth-order valence-corrected chi connectivity index (χ4v) is 3.87. The predicted octanol–water partition coefficient (Wildman–Crippen LogP) is 7.41. The Hall–Kier alpha value is -1.88. The Morgan fingerprint density at radius 1 is 1.08 bits per heavy atom. The van der Waals surface area contributed by atoms with Gasteiger partial charge < -0.3 is 0 Å². The number of unbranched alkanes of at least 4 members (excludes halogenated alkanes) is 4. The second-order valence-corrected chi connectivity index (χ2v) is 7.53. The van der Waals surface area contributed by atoms with Gasteiger partial charge in [-0.15, -0.1) is 0 Å². The minimum absolute atomic E-state index is 0.511. The fraction of sp³-hybridized carbons (Fsp3) is 0.542. The molecule has 1 aromatic carbocycles. The molecule has 1 saturated carbocycles. The molecule has 0 N–H and O–H groups in total. The maximum absolute atomic E-state index is 12.8. The van der Waals surface area contributed by atoms with Crippen molar-refractivity contribution >= 4 is 0 Å². The summed E-state index contributed by atoms with van der Waals surface area (Å²) in [7, 11) is 0. The lowest BCUT2D eigenvalue weighted by Gasteiger charge is -2.27. The van der Waals surface area contributed by atoms with Crippen molar-refractivity contribution in [3.63, 3.8) is 0 Å². The van der Waals surface area contributed by atoms with Crippen LogP contribution in [0.4, 0.5) is 4.39 Å². The van der Waals surface area contributed by atoms with Crippen molar-refractivity contribution in [3.8, 4) is 6.07 Å². The average Bonchev–Trinajstić information content (AvgIpc) is 2.69. The average molecular weight is 354 g/mol. The molecule has 1 aliphatic rings. The van der Waals surface area contributed by atoms with E-state index in [1.165, 1.54) is 74.6 Å². The van der Waals surface area contributed by atoms with Crippen molar-refractivity contribution in [1.29, 1.82) is 5.26 Å². The van der Waals surface area contributed by atoms with E-state index in [4.69, 9.17) is 5.26 Å². The van der Waals surface area contributed by atoms with Crippen LogP contribution in [-0.2, 0) is 6.42 Å². The number of hydrogen-bond donors (Lipinski definition) is 0. The zero-order valence-corrected chi connectivity index (χ0v) is 16.1. The van der Waals surface area contributed by atoms with E-state index >= 15 is 0 Å². The molecule has 0 aromatic heterocycles. The van der Waals surface area contributed by atoms with Gasteiger partial charge in [0.1, 0.15) is 6.07 Å². The molecule has 0 spiro atoms. The van der Waals surface area contributed by atoms with Gasteiger partial charge in [0.25, 0.3) is 0 Å². The summed E-state index contributed by atoms with van der Waals surface area (Å²) in [4.78, 5) is 0. The number of nitrogens with zero attached hydrogens (tertiary/aromatic N) is 1. The predicted molar refractivity (Wildman–Crippen MR) is 108 cm³/mol. The molecule has 0 amide bonds. The SMILES string of the molecule is CCCCCCCc1ccc(C2CCC(C=CC=C(F)C#N)CC2)cc1. The lowest BCUT2D eigenvalue weighted by molar-refractivity contribution is 0.376. The Kier molecular flexibility index (Phi) is 9.18. The molecular weight excluding hydrogens is 321 g/mol. The molecule has 0 heterocycles. The Morgan fingerprint density at radius 3 is 2.42 bits per heavy atom. The molecule has 0 radical (unpaired) electrons. The highest BCUT2D eigenvalue weighted by atomic mass is 19.1. The van der Waals surface area contributed by atoms with Gasteiger partial charge in [-0.3, -0.25) is 0 Å². The van der Waals surface area contributed by atoms with Gasteiger partial charge in [0.15, 0.2) is 5.83 Å². The van der Waals surface area contributed by atoms with Crippen LogP contribution in [0.5, 0.6) is 0 Å². The van der Waals surface area contributed by atoms with E-state index in [0.29, 0.717) is 11.8 Å². The molecular formula is C24H32FN.